The predicted molar refractivity (Wildman–Crippen MR) is 229 cm³/mol. The summed E-state index contributed by atoms with van der Waals surface area (Å²) in [6, 6.07) is 69.6. The van der Waals surface area contributed by atoms with Gasteiger partial charge in [-0.25, -0.2) is 0 Å². The van der Waals surface area contributed by atoms with E-state index in [1.54, 1.807) is 0 Å². The third kappa shape index (κ3) is 4.39. The van der Waals surface area contributed by atoms with Crippen LogP contribution in [-0.2, 0) is 5.41 Å². The number of nitrogens with zero attached hydrogens (tertiary/aromatic N) is 1. The quantitative estimate of drug-likeness (QED) is 0.174. The van der Waals surface area contributed by atoms with E-state index in [2.05, 4.69) is 207 Å². The van der Waals surface area contributed by atoms with E-state index in [0.29, 0.717) is 0 Å². The summed E-state index contributed by atoms with van der Waals surface area (Å²) >= 11 is 0. The van der Waals surface area contributed by atoms with E-state index >= 15 is 0 Å². The zero-order valence-electron chi connectivity index (χ0n) is 30.3. The van der Waals surface area contributed by atoms with Crippen molar-refractivity contribution in [3.63, 3.8) is 0 Å². The second kappa shape index (κ2) is 11.7. The van der Waals surface area contributed by atoms with Crippen molar-refractivity contribution in [1.29, 1.82) is 0 Å². The summed E-state index contributed by atoms with van der Waals surface area (Å²) in [4.78, 5) is 2.52. The SMILES string of the molecule is CC1(C)c2ccccc2-c2c(N(c3ccc4c(c3)-c3cccc5c(-c6cccc7ccccc67)ccc-4c35)c3ccccc3-c3ccccc3)cccc21. The molecule has 1 heteroatoms. The first-order valence-electron chi connectivity index (χ1n) is 18.9. The average Bonchev–Trinajstić information content (AvgIpc) is 3.67. The highest BCUT2D eigenvalue weighted by Crippen LogP contribution is 2.56. The van der Waals surface area contributed by atoms with Crippen LogP contribution in [0.15, 0.2) is 188 Å². The summed E-state index contributed by atoms with van der Waals surface area (Å²) < 4.78 is 0. The van der Waals surface area contributed by atoms with Crippen LogP contribution in [0.3, 0.4) is 0 Å². The fraction of sp³-hybridized carbons (Fsp3) is 0.0566. The summed E-state index contributed by atoms with van der Waals surface area (Å²) in [5, 5.41) is 5.18. The minimum Gasteiger partial charge on any atom is -0.309 e. The lowest BCUT2D eigenvalue weighted by Crippen LogP contribution is -2.16. The van der Waals surface area contributed by atoms with Gasteiger partial charge in [-0.1, -0.05) is 178 Å². The summed E-state index contributed by atoms with van der Waals surface area (Å²) in [7, 11) is 0. The molecule has 0 spiro atoms. The third-order valence-corrected chi connectivity index (χ3v) is 12.0. The lowest BCUT2D eigenvalue weighted by molar-refractivity contribution is 0.660. The van der Waals surface area contributed by atoms with Gasteiger partial charge in [-0.3, -0.25) is 0 Å². The van der Waals surface area contributed by atoms with Gasteiger partial charge in [0, 0.05) is 22.2 Å². The van der Waals surface area contributed by atoms with Crippen molar-refractivity contribution < 1.29 is 0 Å². The van der Waals surface area contributed by atoms with Gasteiger partial charge in [0.15, 0.2) is 0 Å². The topological polar surface area (TPSA) is 3.24 Å². The lowest BCUT2D eigenvalue weighted by atomic mass is 9.82. The molecule has 0 atom stereocenters. The Kier molecular flexibility index (Phi) is 6.66. The van der Waals surface area contributed by atoms with Gasteiger partial charge in [-0.2, -0.15) is 0 Å². The first-order valence-corrected chi connectivity index (χ1v) is 18.9. The van der Waals surface area contributed by atoms with E-state index < -0.39 is 0 Å². The fourth-order valence-corrected chi connectivity index (χ4v) is 9.54. The molecule has 2 aliphatic carbocycles. The number of para-hydroxylation sites is 1. The van der Waals surface area contributed by atoms with E-state index in [0.717, 1.165) is 11.4 Å². The molecule has 9 aromatic rings. The fourth-order valence-electron chi connectivity index (χ4n) is 9.54. The Balaban J connectivity index is 1.15. The van der Waals surface area contributed by atoms with Crippen LogP contribution in [0.1, 0.15) is 25.0 Å². The largest absolute Gasteiger partial charge is 0.309 e. The minimum absolute atomic E-state index is 0.108. The third-order valence-electron chi connectivity index (χ3n) is 12.0. The number of benzene rings is 9. The van der Waals surface area contributed by atoms with Crippen LogP contribution in [0.25, 0.3) is 77.2 Å². The Morgan fingerprint density at radius 1 is 0.370 bits per heavy atom. The number of hydrogen-bond acceptors (Lipinski definition) is 1. The second-order valence-corrected chi connectivity index (χ2v) is 15.2. The van der Waals surface area contributed by atoms with E-state index in [1.165, 1.54) is 94.0 Å². The molecule has 0 aromatic heterocycles. The Labute approximate surface area is 316 Å². The highest BCUT2D eigenvalue weighted by atomic mass is 15.1. The molecule has 254 valence electrons. The van der Waals surface area contributed by atoms with E-state index in [4.69, 9.17) is 0 Å². The maximum atomic E-state index is 2.52. The summed E-state index contributed by atoms with van der Waals surface area (Å²) in [6.45, 7) is 4.73. The Hall–Kier alpha value is -6.70. The molecule has 9 aromatic carbocycles. The highest BCUT2D eigenvalue weighted by molar-refractivity contribution is 6.20. The van der Waals surface area contributed by atoms with E-state index in [-0.39, 0.29) is 5.41 Å². The molecule has 0 saturated heterocycles. The number of rotatable bonds is 5. The lowest BCUT2D eigenvalue weighted by Gasteiger charge is -2.31. The maximum Gasteiger partial charge on any atom is 0.0543 e. The summed E-state index contributed by atoms with van der Waals surface area (Å²) in [5.74, 6) is 0. The van der Waals surface area contributed by atoms with Crippen LogP contribution < -0.4 is 4.90 Å². The molecule has 0 N–H and O–H groups in total. The van der Waals surface area contributed by atoms with Gasteiger partial charge in [0.1, 0.15) is 0 Å². The molecule has 11 rings (SSSR count). The van der Waals surface area contributed by atoms with Gasteiger partial charge in [0.05, 0.1) is 11.4 Å². The van der Waals surface area contributed by atoms with Gasteiger partial charge in [0.25, 0.3) is 0 Å². The minimum atomic E-state index is -0.108. The molecule has 0 heterocycles. The van der Waals surface area contributed by atoms with Crippen LogP contribution >= 0.6 is 0 Å². The molecule has 2 aliphatic rings. The van der Waals surface area contributed by atoms with Gasteiger partial charge >= 0.3 is 0 Å². The zero-order valence-corrected chi connectivity index (χ0v) is 30.3. The van der Waals surface area contributed by atoms with Crippen LogP contribution in [-0.4, -0.2) is 0 Å². The van der Waals surface area contributed by atoms with Gasteiger partial charge in [-0.05, 0) is 101 Å². The van der Waals surface area contributed by atoms with Crippen molar-refractivity contribution >= 4 is 38.6 Å². The molecule has 0 bridgehead atoms. The molecule has 0 radical (unpaired) electrons. The molecule has 0 aliphatic heterocycles. The number of hydrogen-bond donors (Lipinski definition) is 0. The summed E-state index contributed by atoms with van der Waals surface area (Å²) in [6.07, 6.45) is 0. The molecular weight excluding hydrogens is 651 g/mol. The molecular formula is C53H37N. The van der Waals surface area contributed by atoms with Crippen molar-refractivity contribution in [2.24, 2.45) is 0 Å². The highest BCUT2D eigenvalue weighted by Gasteiger charge is 2.38. The van der Waals surface area contributed by atoms with Crippen molar-refractivity contribution in [3.05, 3.63) is 199 Å². The van der Waals surface area contributed by atoms with Crippen LogP contribution in [0.4, 0.5) is 17.1 Å². The van der Waals surface area contributed by atoms with Gasteiger partial charge < -0.3 is 4.90 Å². The number of anilines is 3. The second-order valence-electron chi connectivity index (χ2n) is 15.2. The normalized spacial score (nSPS) is 13.1. The van der Waals surface area contributed by atoms with Crippen molar-refractivity contribution in [1.82, 2.24) is 0 Å². The predicted octanol–water partition coefficient (Wildman–Crippen LogP) is 14.8. The first-order chi connectivity index (χ1) is 26.6. The monoisotopic (exact) mass is 687 g/mol. The smallest absolute Gasteiger partial charge is 0.0543 e. The average molecular weight is 688 g/mol. The molecule has 0 saturated carbocycles. The Morgan fingerprint density at radius 2 is 0.944 bits per heavy atom. The summed E-state index contributed by atoms with van der Waals surface area (Å²) in [5.41, 5.74) is 18.9. The molecule has 1 nitrogen and oxygen atoms in total. The van der Waals surface area contributed by atoms with E-state index in [9.17, 15) is 0 Å². The zero-order chi connectivity index (χ0) is 36.0. The van der Waals surface area contributed by atoms with Crippen LogP contribution in [0, 0.1) is 0 Å². The first kappa shape index (κ1) is 30.9. The molecule has 54 heavy (non-hydrogen) atoms. The van der Waals surface area contributed by atoms with Crippen molar-refractivity contribution in [3.8, 4) is 55.6 Å². The standard InChI is InChI=1S/C53H37N/c1-53(2)47-25-10-8-21-45(47)52-48(53)26-14-28-50(52)54(49-27-11-9-20-38(49)35-15-4-3-5-16-35)36-29-30-41-44-32-31-40(39-22-12-18-34-17-6-7-19-37(34)39)42-23-13-24-43(51(42)44)46(41)33-36/h3-33H,1-2H3. The molecule has 0 fully saturated rings. The number of fused-ring (bicyclic) bond motifs is 7. The Morgan fingerprint density at radius 3 is 1.85 bits per heavy atom. The van der Waals surface area contributed by atoms with Gasteiger partial charge in [-0.15, -0.1) is 0 Å². The Bertz CT molecular complexity index is 2960. The van der Waals surface area contributed by atoms with Gasteiger partial charge in [0.2, 0.25) is 0 Å². The van der Waals surface area contributed by atoms with Crippen LogP contribution in [0.2, 0.25) is 0 Å². The van der Waals surface area contributed by atoms with E-state index in [1.807, 2.05) is 0 Å². The van der Waals surface area contributed by atoms with Crippen LogP contribution in [0.5, 0.6) is 0 Å². The molecule has 0 amide bonds. The molecule has 0 unspecified atom stereocenters. The maximum absolute atomic E-state index is 2.52. The van der Waals surface area contributed by atoms with Crippen molar-refractivity contribution in [2.75, 3.05) is 4.90 Å². The van der Waals surface area contributed by atoms with Crippen molar-refractivity contribution in [2.45, 2.75) is 19.3 Å².